The van der Waals surface area contributed by atoms with E-state index in [0.717, 1.165) is 11.1 Å². The number of fused-ring (bicyclic) bond motifs is 1. The van der Waals surface area contributed by atoms with Gasteiger partial charge in [0.25, 0.3) is 15.9 Å². The van der Waals surface area contributed by atoms with Gasteiger partial charge >= 0.3 is 0 Å². The molecule has 1 unspecified atom stereocenters. The van der Waals surface area contributed by atoms with Crippen LogP contribution in [0.15, 0.2) is 65.6 Å². The second-order valence-electron chi connectivity index (χ2n) is 7.98. The fourth-order valence-electron chi connectivity index (χ4n) is 3.68. The number of sulfonamides is 1. The summed E-state index contributed by atoms with van der Waals surface area (Å²) in [5.74, 6) is 0.802. The molecule has 0 aromatic heterocycles. The zero-order chi connectivity index (χ0) is 24.5. The Kier molecular flexibility index (Phi) is 6.39. The van der Waals surface area contributed by atoms with Crippen molar-refractivity contribution in [3.05, 3.63) is 71.8 Å². The zero-order valence-corrected chi connectivity index (χ0v) is 20.2. The van der Waals surface area contributed by atoms with Gasteiger partial charge in [-0.25, -0.2) is 8.42 Å². The first kappa shape index (κ1) is 23.4. The third-order valence-corrected chi connectivity index (χ3v) is 7.35. The lowest BCUT2D eigenvalue weighted by Crippen LogP contribution is -2.48. The smallest absolute Gasteiger partial charge is 0.267 e. The molecule has 0 fully saturated rings. The SMILES string of the molecule is COc1ccc(NC(=O)C2CN(S(=O)(=O)c3ccc(C)cc3)c3ccc(C)cc3O2)c(OC)c1. The first-order valence-corrected chi connectivity index (χ1v) is 12.1. The van der Waals surface area contributed by atoms with Gasteiger partial charge in [0.2, 0.25) is 0 Å². The van der Waals surface area contributed by atoms with Gasteiger partial charge in [0.1, 0.15) is 17.2 Å². The minimum atomic E-state index is -3.93. The molecule has 1 aliphatic heterocycles. The first-order chi connectivity index (χ1) is 16.2. The van der Waals surface area contributed by atoms with E-state index in [4.69, 9.17) is 14.2 Å². The predicted molar refractivity (Wildman–Crippen MR) is 129 cm³/mol. The van der Waals surface area contributed by atoms with Crippen molar-refractivity contribution in [2.75, 3.05) is 30.4 Å². The average molecular weight is 483 g/mol. The molecule has 8 nitrogen and oxygen atoms in total. The quantitative estimate of drug-likeness (QED) is 0.573. The third kappa shape index (κ3) is 4.51. The third-order valence-electron chi connectivity index (χ3n) is 5.55. The molecule has 1 heterocycles. The highest BCUT2D eigenvalue weighted by Gasteiger charge is 2.37. The van der Waals surface area contributed by atoms with Gasteiger partial charge in [-0.3, -0.25) is 9.10 Å². The largest absolute Gasteiger partial charge is 0.497 e. The van der Waals surface area contributed by atoms with Gasteiger partial charge in [0.05, 0.1) is 37.0 Å². The van der Waals surface area contributed by atoms with Crippen molar-refractivity contribution >= 4 is 27.3 Å². The van der Waals surface area contributed by atoms with Gasteiger partial charge in [-0.15, -0.1) is 0 Å². The number of carbonyl (C=O) groups is 1. The molecule has 0 saturated heterocycles. The molecule has 0 spiro atoms. The van der Waals surface area contributed by atoms with Crippen LogP contribution in [0.3, 0.4) is 0 Å². The summed E-state index contributed by atoms with van der Waals surface area (Å²) in [6, 6.07) is 16.8. The summed E-state index contributed by atoms with van der Waals surface area (Å²) in [6.07, 6.45) is -1.08. The number of hydrogen-bond acceptors (Lipinski definition) is 6. The van der Waals surface area contributed by atoms with Crippen LogP contribution < -0.4 is 23.8 Å². The van der Waals surface area contributed by atoms with Crippen LogP contribution in [0.1, 0.15) is 11.1 Å². The lowest BCUT2D eigenvalue weighted by Gasteiger charge is -2.35. The van der Waals surface area contributed by atoms with E-state index in [2.05, 4.69) is 5.32 Å². The maximum atomic E-state index is 13.5. The van der Waals surface area contributed by atoms with Crippen molar-refractivity contribution in [1.82, 2.24) is 0 Å². The molecule has 9 heteroatoms. The minimum absolute atomic E-state index is 0.141. The van der Waals surface area contributed by atoms with Crippen molar-refractivity contribution in [1.29, 1.82) is 0 Å². The fraction of sp³-hybridized carbons (Fsp3) is 0.240. The van der Waals surface area contributed by atoms with E-state index in [1.807, 2.05) is 19.9 Å². The second-order valence-corrected chi connectivity index (χ2v) is 9.84. The topological polar surface area (TPSA) is 94.2 Å². The molecule has 34 heavy (non-hydrogen) atoms. The van der Waals surface area contributed by atoms with E-state index in [9.17, 15) is 13.2 Å². The molecule has 178 valence electrons. The lowest BCUT2D eigenvalue weighted by atomic mass is 10.1. The Labute approximate surface area is 199 Å². The van der Waals surface area contributed by atoms with Gasteiger partial charge in [-0.2, -0.15) is 0 Å². The molecule has 1 aliphatic rings. The summed E-state index contributed by atoms with van der Waals surface area (Å²) in [5.41, 5.74) is 2.63. The molecule has 1 N–H and O–H groups in total. The summed E-state index contributed by atoms with van der Waals surface area (Å²) >= 11 is 0. The molecule has 3 aromatic rings. The van der Waals surface area contributed by atoms with E-state index in [-0.39, 0.29) is 11.4 Å². The van der Waals surface area contributed by atoms with Crippen molar-refractivity contribution in [2.45, 2.75) is 24.8 Å². The van der Waals surface area contributed by atoms with Crippen LogP contribution >= 0.6 is 0 Å². The Hall–Kier alpha value is -3.72. The molecule has 3 aromatic carbocycles. The highest BCUT2D eigenvalue weighted by atomic mass is 32.2. The number of rotatable bonds is 6. The molecule has 4 rings (SSSR count). The molecule has 0 radical (unpaired) electrons. The Morgan fingerprint density at radius 2 is 1.68 bits per heavy atom. The molecule has 0 bridgehead atoms. The lowest BCUT2D eigenvalue weighted by molar-refractivity contribution is -0.122. The molecular weight excluding hydrogens is 456 g/mol. The summed E-state index contributed by atoms with van der Waals surface area (Å²) < 4.78 is 44.8. The van der Waals surface area contributed by atoms with Gasteiger partial charge in [-0.05, 0) is 55.8 Å². The van der Waals surface area contributed by atoms with Crippen LogP contribution in [-0.4, -0.2) is 41.2 Å². The Balaban J connectivity index is 1.68. The fourth-order valence-corrected chi connectivity index (χ4v) is 5.15. The Morgan fingerprint density at radius 1 is 0.971 bits per heavy atom. The average Bonchev–Trinajstić information content (AvgIpc) is 2.83. The molecule has 0 aliphatic carbocycles. The second kappa shape index (κ2) is 9.26. The summed E-state index contributed by atoms with van der Waals surface area (Å²) in [4.78, 5) is 13.3. The standard InChI is InChI=1S/C25H26N2O6S/c1-16-5-9-19(10-6-16)34(29,30)27-15-24(33-23-13-17(2)7-12-21(23)27)25(28)26-20-11-8-18(31-3)14-22(20)32-4/h5-14,24H,15H2,1-4H3,(H,26,28). The molecule has 1 atom stereocenters. The highest BCUT2D eigenvalue weighted by Crippen LogP contribution is 2.38. The number of amides is 1. The van der Waals surface area contributed by atoms with Crippen LogP contribution in [0, 0.1) is 13.8 Å². The van der Waals surface area contributed by atoms with E-state index in [1.165, 1.54) is 18.5 Å². The Morgan fingerprint density at radius 3 is 2.35 bits per heavy atom. The maximum absolute atomic E-state index is 13.5. The van der Waals surface area contributed by atoms with Crippen LogP contribution in [0.4, 0.5) is 11.4 Å². The monoisotopic (exact) mass is 482 g/mol. The van der Waals surface area contributed by atoms with Crippen molar-refractivity contribution in [2.24, 2.45) is 0 Å². The normalized spacial score (nSPS) is 15.2. The first-order valence-electron chi connectivity index (χ1n) is 10.6. The number of anilines is 2. The number of nitrogens with one attached hydrogen (secondary N) is 1. The predicted octanol–water partition coefficient (Wildman–Crippen LogP) is 3.92. The molecular formula is C25H26N2O6S. The van der Waals surface area contributed by atoms with E-state index in [1.54, 1.807) is 54.6 Å². The number of carbonyl (C=O) groups excluding carboxylic acids is 1. The van der Waals surface area contributed by atoms with E-state index in [0.29, 0.717) is 28.6 Å². The van der Waals surface area contributed by atoms with Gasteiger partial charge in [0, 0.05) is 6.07 Å². The summed E-state index contributed by atoms with van der Waals surface area (Å²) in [6.45, 7) is 3.57. The number of nitrogens with zero attached hydrogens (tertiary/aromatic N) is 1. The number of methoxy groups -OCH3 is 2. The van der Waals surface area contributed by atoms with Gasteiger partial charge < -0.3 is 19.5 Å². The maximum Gasteiger partial charge on any atom is 0.267 e. The van der Waals surface area contributed by atoms with Gasteiger partial charge in [0.15, 0.2) is 6.10 Å². The van der Waals surface area contributed by atoms with Crippen LogP contribution in [0.5, 0.6) is 17.2 Å². The molecule has 1 amide bonds. The van der Waals surface area contributed by atoms with Crippen LogP contribution in [-0.2, 0) is 14.8 Å². The number of hydrogen-bond donors (Lipinski definition) is 1. The van der Waals surface area contributed by atoms with Crippen LogP contribution in [0.2, 0.25) is 0 Å². The van der Waals surface area contributed by atoms with Crippen molar-refractivity contribution in [3.63, 3.8) is 0 Å². The van der Waals surface area contributed by atoms with Crippen LogP contribution in [0.25, 0.3) is 0 Å². The zero-order valence-electron chi connectivity index (χ0n) is 19.4. The minimum Gasteiger partial charge on any atom is -0.497 e. The van der Waals surface area contributed by atoms with E-state index >= 15 is 0 Å². The summed E-state index contributed by atoms with van der Waals surface area (Å²) in [5, 5.41) is 2.78. The van der Waals surface area contributed by atoms with E-state index < -0.39 is 22.0 Å². The van der Waals surface area contributed by atoms with Crippen molar-refractivity contribution < 1.29 is 27.4 Å². The molecule has 0 saturated carbocycles. The van der Waals surface area contributed by atoms with Gasteiger partial charge in [-0.1, -0.05) is 23.8 Å². The highest BCUT2D eigenvalue weighted by molar-refractivity contribution is 7.92. The number of ether oxygens (including phenoxy) is 3. The summed E-state index contributed by atoms with van der Waals surface area (Å²) in [7, 11) is -0.918. The van der Waals surface area contributed by atoms with Crippen molar-refractivity contribution in [3.8, 4) is 17.2 Å². The Bertz CT molecular complexity index is 1320. The number of benzene rings is 3. The number of aryl methyl sites for hydroxylation is 2.